The van der Waals surface area contributed by atoms with Crippen molar-refractivity contribution in [2.45, 2.75) is 39.7 Å². The quantitative estimate of drug-likeness (QED) is 0.926. The predicted molar refractivity (Wildman–Crippen MR) is 90.2 cm³/mol. The van der Waals surface area contributed by atoms with Gasteiger partial charge in [-0.3, -0.25) is 9.78 Å². The van der Waals surface area contributed by atoms with E-state index in [4.69, 9.17) is 0 Å². The maximum absolute atomic E-state index is 13.7. The summed E-state index contributed by atoms with van der Waals surface area (Å²) in [5, 5.41) is 3.85. The molecule has 1 aliphatic rings. The molecule has 0 aliphatic carbocycles. The van der Waals surface area contributed by atoms with E-state index in [9.17, 15) is 9.18 Å². The summed E-state index contributed by atoms with van der Waals surface area (Å²) in [6, 6.07) is 5.00. The van der Waals surface area contributed by atoms with Crippen LogP contribution in [0.1, 0.15) is 31.0 Å². The monoisotopic (exact) mass is 315 g/mol. The Morgan fingerprint density at radius 2 is 2.00 bits per heavy atom. The number of piperidine rings is 1. The van der Waals surface area contributed by atoms with E-state index in [2.05, 4.69) is 15.2 Å². The minimum Gasteiger partial charge on any atom is -0.371 e. The number of carbonyl (C=O) groups is 1. The van der Waals surface area contributed by atoms with Crippen molar-refractivity contribution in [3.05, 3.63) is 35.3 Å². The number of hydrogen-bond acceptors (Lipinski definition) is 3. The molecule has 1 fully saturated rings. The van der Waals surface area contributed by atoms with Gasteiger partial charge < -0.3 is 10.2 Å². The summed E-state index contributed by atoms with van der Waals surface area (Å²) in [7, 11) is 0. The second-order valence-corrected chi connectivity index (χ2v) is 6.29. The van der Waals surface area contributed by atoms with E-state index < -0.39 is 0 Å². The highest BCUT2D eigenvalue weighted by Crippen LogP contribution is 2.33. The summed E-state index contributed by atoms with van der Waals surface area (Å²) in [5.74, 6) is -0.219. The molecular weight excluding hydrogens is 293 g/mol. The smallest absolute Gasteiger partial charge is 0.217 e. The van der Waals surface area contributed by atoms with E-state index in [1.54, 1.807) is 19.1 Å². The topological polar surface area (TPSA) is 45.2 Å². The SMILES string of the molecule is CC(=O)NC1CCN(c2c(C)c(C)nc3ccc(F)cc23)CC1. The molecule has 0 atom stereocenters. The molecule has 4 nitrogen and oxygen atoms in total. The first-order valence-electron chi connectivity index (χ1n) is 8.04. The van der Waals surface area contributed by atoms with Crippen molar-refractivity contribution < 1.29 is 9.18 Å². The van der Waals surface area contributed by atoms with E-state index in [0.29, 0.717) is 0 Å². The minimum absolute atomic E-state index is 0.0203. The minimum atomic E-state index is -0.239. The lowest BCUT2D eigenvalue weighted by Gasteiger charge is -2.35. The lowest BCUT2D eigenvalue weighted by Crippen LogP contribution is -2.44. The summed E-state index contributed by atoms with van der Waals surface area (Å²) in [6.07, 6.45) is 1.80. The number of aromatic nitrogens is 1. The van der Waals surface area contributed by atoms with E-state index in [-0.39, 0.29) is 17.8 Å². The van der Waals surface area contributed by atoms with Crippen LogP contribution in [0.15, 0.2) is 18.2 Å². The fraction of sp³-hybridized carbons (Fsp3) is 0.444. The Hall–Kier alpha value is -2.17. The summed E-state index contributed by atoms with van der Waals surface area (Å²) in [4.78, 5) is 18.1. The van der Waals surface area contributed by atoms with Crippen LogP contribution in [0.25, 0.3) is 10.9 Å². The Morgan fingerprint density at radius 1 is 1.30 bits per heavy atom. The van der Waals surface area contributed by atoms with Gasteiger partial charge in [0, 0.05) is 37.1 Å². The van der Waals surface area contributed by atoms with Gasteiger partial charge in [-0.1, -0.05) is 0 Å². The van der Waals surface area contributed by atoms with Crippen molar-refractivity contribution in [2.24, 2.45) is 0 Å². The molecule has 1 aromatic carbocycles. The lowest BCUT2D eigenvalue weighted by atomic mass is 10.0. The van der Waals surface area contributed by atoms with Crippen LogP contribution >= 0.6 is 0 Å². The van der Waals surface area contributed by atoms with Gasteiger partial charge in [-0.25, -0.2) is 4.39 Å². The van der Waals surface area contributed by atoms with Gasteiger partial charge in [0.25, 0.3) is 0 Å². The number of nitrogens with one attached hydrogen (secondary N) is 1. The molecule has 1 aromatic heterocycles. The number of hydrogen-bond donors (Lipinski definition) is 1. The fourth-order valence-corrected chi connectivity index (χ4v) is 3.38. The number of anilines is 1. The van der Waals surface area contributed by atoms with Crippen LogP contribution in [0, 0.1) is 19.7 Å². The average Bonchev–Trinajstić information content (AvgIpc) is 2.50. The van der Waals surface area contributed by atoms with Crippen molar-refractivity contribution in [3.63, 3.8) is 0 Å². The molecule has 0 saturated carbocycles. The van der Waals surface area contributed by atoms with Crippen LogP contribution in [-0.4, -0.2) is 30.0 Å². The zero-order valence-electron chi connectivity index (χ0n) is 13.8. The molecule has 0 radical (unpaired) electrons. The Labute approximate surface area is 135 Å². The summed E-state index contributed by atoms with van der Waals surface area (Å²) >= 11 is 0. The van der Waals surface area contributed by atoms with Crippen LogP contribution in [0.3, 0.4) is 0 Å². The van der Waals surface area contributed by atoms with Gasteiger partial charge in [-0.15, -0.1) is 0 Å². The van der Waals surface area contributed by atoms with Crippen molar-refractivity contribution in [2.75, 3.05) is 18.0 Å². The van der Waals surface area contributed by atoms with Gasteiger partial charge in [0.15, 0.2) is 0 Å². The molecule has 0 bridgehead atoms. The van der Waals surface area contributed by atoms with Crippen molar-refractivity contribution >= 4 is 22.5 Å². The molecule has 1 amide bonds. The van der Waals surface area contributed by atoms with Gasteiger partial charge >= 0.3 is 0 Å². The molecule has 0 unspecified atom stereocenters. The molecule has 1 saturated heterocycles. The Bertz CT molecular complexity index is 752. The molecule has 1 N–H and O–H groups in total. The Kier molecular flexibility index (Phi) is 4.20. The molecule has 122 valence electrons. The first kappa shape index (κ1) is 15.7. The van der Waals surface area contributed by atoms with Crippen LogP contribution < -0.4 is 10.2 Å². The van der Waals surface area contributed by atoms with Crippen molar-refractivity contribution in [3.8, 4) is 0 Å². The van der Waals surface area contributed by atoms with Crippen molar-refractivity contribution in [1.82, 2.24) is 10.3 Å². The standard InChI is InChI=1S/C18H22FN3O/c1-11-12(2)20-17-5-4-14(19)10-16(17)18(11)22-8-6-15(7-9-22)21-13(3)23/h4-5,10,15H,6-9H2,1-3H3,(H,21,23). The molecule has 0 spiro atoms. The highest BCUT2D eigenvalue weighted by molar-refractivity contribution is 5.94. The van der Waals surface area contributed by atoms with Gasteiger partial charge in [0.05, 0.1) is 11.2 Å². The Balaban J connectivity index is 1.95. The number of aryl methyl sites for hydroxylation is 1. The number of amides is 1. The van der Waals surface area contributed by atoms with E-state index >= 15 is 0 Å². The summed E-state index contributed by atoms with van der Waals surface area (Å²) in [6.45, 7) is 7.29. The lowest BCUT2D eigenvalue weighted by molar-refractivity contribution is -0.119. The molecule has 23 heavy (non-hydrogen) atoms. The summed E-state index contributed by atoms with van der Waals surface area (Å²) in [5.41, 5.74) is 3.98. The van der Waals surface area contributed by atoms with E-state index in [1.807, 2.05) is 13.8 Å². The molecule has 5 heteroatoms. The number of fused-ring (bicyclic) bond motifs is 1. The van der Waals surface area contributed by atoms with Crippen molar-refractivity contribution in [1.29, 1.82) is 0 Å². The Morgan fingerprint density at radius 3 is 2.65 bits per heavy atom. The maximum atomic E-state index is 13.7. The van der Waals surface area contributed by atoms with Crippen LogP contribution in [-0.2, 0) is 4.79 Å². The normalized spacial score (nSPS) is 15.9. The number of rotatable bonds is 2. The molecule has 2 aromatic rings. The number of nitrogens with zero attached hydrogens (tertiary/aromatic N) is 2. The fourth-order valence-electron chi connectivity index (χ4n) is 3.38. The third-order valence-corrected chi connectivity index (χ3v) is 4.62. The zero-order valence-corrected chi connectivity index (χ0v) is 13.8. The van der Waals surface area contributed by atoms with Gasteiger partial charge in [0.1, 0.15) is 5.82 Å². The maximum Gasteiger partial charge on any atom is 0.217 e. The predicted octanol–water partition coefficient (Wildman–Crippen LogP) is 3.10. The first-order chi connectivity index (χ1) is 11.0. The molecular formula is C18H22FN3O. The zero-order chi connectivity index (χ0) is 16.6. The van der Waals surface area contributed by atoms with Gasteiger partial charge in [0.2, 0.25) is 5.91 Å². The number of halogens is 1. The summed E-state index contributed by atoms with van der Waals surface area (Å²) < 4.78 is 13.7. The van der Waals surface area contributed by atoms with Crippen LogP contribution in [0.2, 0.25) is 0 Å². The number of carbonyl (C=O) groups excluding carboxylic acids is 1. The first-order valence-corrected chi connectivity index (χ1v) is 8.04. The van der Waals surface area contributed by atoms with Gasteiger partial charge in [-0.2, -0.15) is 0 Å². The van der Waals surface area contributed by atoms with Crippen LogP contribution in [0.4, 0.5) is 10.1 Å². The number of benzene rings is 1. The molecule has 2 heterocycles. The third-order valence-electron chi connectivity index (χ3n) is 4.62. The molecule has 1 aliphatic heterocycles. The third kappa shape index (κ3) is 3.14. The van der Waals surface area contributed by atoms with Gasteiger partial charge in [-0.05, 0) is 50.5 Å². The van der Waals surface area contributed by atoms with E-state index in [1.165, 1.54) is 6.07 Å². The number of pyridine rings is 1. The second-order valence-electron chi connectivity index (χ2n) is 6.29. The second kappa shape index (κ2) is 6.14. The largest absolute Gasteiger partial charge is 0.371 e. The highest BCUT2D eigenvalue weighted by Gasteiger charge is 2.23. The average molecular weight is 315 g/mol. The molecule has 3 rings (SSSR count). The highest BCUT2D eigenvalue weighted by atomic mass is 19.1. The van der Waals surface area contributed by atoms with E-state index in [0.717, 1.165) is 53.8 Å². The van der Waals surface area contributed by atoms with Crippen LogP contribution in [0.5, 0.6) is 0 Å².